The lowest BCUT2D eigenvalue weighted by Crippen LogP contribution is -2.58. The van der Waals surface area contributed by atoms with Crippen LogP contribution in [0.2, 0.25) is 25.7 Å². The molecule has 1 N–H and O–H groups in total. The predicted octanol–water partition coefficient (Wildman–Crippen LogP) is 4.40. The van der Waals surface area contributed by atoms with Gasteiger partial charge in [-0.15, -0.1) is 0 Å². The number of piperazine rings is 1. The van der Waals surface area contributed by atoms with Gasteiger partial charge in [-0.05, 0) is 40.2 Å². The zero-order valence-corrected chi connectivity index (χ0v) is 23.3. The molecule has 1 atom stereocenters. The number of fused-ring (bicyclic) bond motifs is 2. The fourth-order valence-electron chi connectivity index (χ4n) is 4.79. The Morgan fingerprint density at radius 3 is 2.86 bits per heavy atom. The van der Waals surface area contributed by atoms with Crippen LogP contribution in [0.15, 0.2) is 35.1 Å². The topological polar surface area (TPSA) is 75.9 Å². The van der Waals surface area contributed by atoms with Crippen LogP contribution in [0.1, 0.15) is 0 Å². The van der Waals surface area contributed by atoms with Crippen molar-refractivity contribution in [2.24, 2.45) is 0 Å². The summed E-state index contributed by atoms with van der Waals surface area (Å²) in [5, 5.41) is 16.9. The van der Waals surface area contributed by atoms with Crippen molar-refractivity contribution in [2.45, 2.75) is 38.5 Å². The minimum absolute atomic E-state index is 0.273. The Balaban J connectivity index is 1.38. The van der Waals surface area contributed by atoms with Gasteiger partial charge in [0.25, 0.3) is 0 Å². The van der Waals surface area contributed by atoms with Crippen molar-refractivity contribution in [3.05, 3.63) is 35.1 Å². The molecular weight excluding hydrogens is 526 g/mol. The maximum absolute atomic E-state index is 11.0. The Bertz CT molecular complexity index is 1200. The van der Waals surface area contributed by atoms with Gasteiger partial charge in [0.05, 0.1) is 36.7 Å². The van der Waals surface area contributed by atoms with Gasteiger partial charge in [0.15, 0.2) is 0 Å². The first-order valence-corrected chi connectivity index (χ1v) is 16.8. The van der Waals surface area contributed by atoms with E-state index in [9.17, 15) is 5.11 Å². The third-order valence-electron chi connectivity index (χ3n) is 6.84. The van der Waals surface area contributed by atoms with E-state index in [-0.39, 0.29) is 5.75 Å². The molecule has 35 heavy (non-hydrogen) atoms. The number of pyridine rings is 1. The molecule has 0 radical (unpaired) electrons. The summed E-state index contributed by atoms with van der Waals surface area (Å²) in [6.07, 6.45) is 1.82. The number of aromatic hydroxyl groups is 1. The highest BCUT2D eigenvalue weighted by Gasteiger charge is 2.30. The van der Waals surface area contributed by atoms with Crippen LogP contribution in [0.4, 0.5) is 5.69 Å². The first-order chi connectivity index (χ1) is 16.8. The van der Waals surface area contributed by atoms with Crippen molar-refractivity contribution in [1.82, 2.24) is 19.7 Å². The van der Waals surface area contributed by atoms with Gasteiger partial charge in [0, 0.05) is 51.8 Å². The Hall–Kier alpha value is -1.98. The van der Waals surface area contributed by atoms with Crippen LogP contribution in [-0.4, -0.2) is 84.9 Å². The van der Waals surface area contributed by atoms with E-state index in [0.29, 0.717) is 12.8 Å². The maximum Gasteiger partial charge on any atom is 0.140 e. The molecule has 2 aromatic heterocycles. The van der Waals surface area contributed by atoms with Gasteiger partial charge in [0.1, 0.15) is 22.8 Å². The zero-order valence-electron chi connectivity index (χ0n) is 20.7. The second kappa shape index (κ2) is 10.2. The van der Waals surface area contributed by atoms with E-state index >= 15 is 0 Å². The molecule has 0 bridgehead atoms. The van der Waals surface area contributed by atoms with Gasteiger partial charge in [-0.25, -0.2) is 9.67 Å². The summed E-state index contributed by atoms with van der Waals surface area (Å²) in [4.78, 5) is 9.16. The summed E-state index contributed by atoms with van der Waals surface area (Å²) in [6.45, 7) is 13.4. The summed E-state index contributed by atoms with van der Waals surface area (Å²) >= 11 is 3.50. The molecule has 2 fully saturated rings. The van der Waals surface area contributed by atoms with E-state index < -0.39 is 8.07 Å². The molecule has 2 aliphatic rings. The molecule has 10 heteroatoms. The highest BCUT2D eigenvalue weighted by Crippen LogP contribution is 2.36. The normalized spacial score (nSPS) is 19.3. The Morgan fingerprint density at radius 2 is 2.06 bits per heavy atom. The third-order valence-corrected chi connectivity index (χ3v) is 8.98. The maximum atomic E-state index is 11.0. The van der Waals surface area contributed by atoms with Crippen LogP contribution in [0.3, 0.4) is 0 Å². The van der Waals surface area contributed by atoms with Crippen LogP contribution in [0, 0.1) is 0 Å². The number of phenolic OH excluding ortho intramolecular Hbond substituents is 1. The molecule has 0 amide bonds. The van der Waals surface area contributed by atoms with Crippen LogP contribution in [0.25, 0.3) is 22.2 Å². The molecule has 5 rings (SSSR count). The SMILES string of the molecule is C[Si](C)(C)CCOCn1nc(-c2ccc(N3CCN4CCOC[C@H]4C3)c(O)c2)c2cc(Br)ncc21. The molecule has 8 nitrogen and oxygen atoms in total. The van der Waals surface area contributed by atoms with E-state index in [0.717, 1.165) is 84.5 Å². The standard InChI is InChI=1S/C25H34BrN5O3Si/c1-35(2,3)11-10-34-17-31-22-14-27-24(26)13-20(22)25(28-31)18-4-5-21(23(32)12-18)30-7-6-29-8-9-33-16-19(29)15-30/h4-5,12-14,19,32H,6-11,15-17H2,1-3H3/t19-/m1/s1. The fourth-order valence-corrected chi connectivity index (χ4v) is 5.88. The molecule has 2 aliphatic heterocycles. The van der Waals surface area contributed by atoms with Crippen LogP contribution < -0.4 is 4.90 Å². The molecule has 0 saturated carbocycles. The van der Waals surface area contributed by atoms with E-state index in [1.807, 2.05) is 35.1 Å². The molecule has 3 aromatic rings. The molecule has 0 unspecified atom stereocenters. The van der Waals surface area contributed by atoms with Gasteiger partial charge < -0.3 is 19.5 Å². The summed E-state index contributed by atoms with van der Waals surface area (Å²) in [5.41, 5.74) is 3.45. The molecule has 0 aliphatic carbocycles. The lowest BCUT2D eigenvalue weighted by Gasteiger charge is -2.44. The van der Waals surface area contributed by atoms with Crippen molar-refractivity contribution in [3.63, 3.8) is 0 Å². The van der Waals surface area contributed by atoms with Crippen LogP contribution in [0.5, 0.6) is 5.75 Å². The predicted molar refractivity (Wildman–Crippen MR) is 145 cm³/mol. The number of rotatable bonds is 7. The number of ether oxygens (including phenoxy) is 2. The monoisotopic (exact) mass is 559 g/mol. The van der Waals surface area contributed by atoms with Crippen LogP contribution >= 0.6 is 15.9 Å². The number of nitrogens with zero attached hydrogens (tertiary/aromatic N) is 5. The Labute approximate surface area is 216 Å². The fraction of sp³-hybridized carbons (Fsp3) is 0.520. The number of morpholine rings is 1. The van der Waals surface area contributed by atoms with E-state index in [1.54, 1.807) is 0 Å². The number of phenols is 1. The van der Waals surface area contributed by atoms with Crippen molar-refractivity contribution in [2.75, 3.05) is 50.9 Å². The van der Waals surface area contributed by atoms with Gasteiger partial charge in [-0.2, -0.15) is 5.10 Å². The molecular formula is C25H34BrN5O3Si. The van der Waals surface area contributed by atoms with Crippen LogP contribution in [-0.2, 0) is 16.2 Å². The smallest absolute Gasteiger partial charge is 0.140 e. The van der Waals surface area contributed by atoms with Gasteiger partial charge >= 0.3 is 0 Å². The molecule has 0 spiro atoms. The highest BCUT2D eigenvalue weighted by atomic mass is 79.9. The van der Waals surface area contributed by atoms with Crippen molar-refractivity contribution >= 4 is 40.6 Å². The number of aromatic nitrogens is 3. The van der Waals surface area contributed by atoms with Gasteiger partial charge in [-0.1, -0.05) is 25.7 Å². The number of halogens is 1. The first-order valence-electron chi connectivity index (χ1n) is 12.3. The average Bonchev–Trinajstić information content (AvgIpc) is 3.18. The van der Waals surface area contributed by atoms with Crippen molar-refractivity contribution in [1.29, 1.82) is 0 Å². The Kier molecular flexibility index (Phi) is 7.18. The average molecular weight is 561 g/mol. The molecule has 1 aromatic carbocycles. The summed E-state index contributed by atoms with van der Waals surface area (Å²) < 4.78 is 14.3. The summed E-state index contributed by atoms with van der Waals surface area (Å²) in [5.74, 6) is 0.273. The zero-order chi connectivity index (χ0) is 24.6. The number of anilines is 1. The summed E-state index contributed by atoms with van der Waals surface area (Å²) in [6, 6.07) is 9.34. The third kappa shape index (κ3) is 5.56. The molecule has 2 saturated heterocycles. The van der Waals surface area contributed by atoms with Gasteiger partial charge in [-0.3, -0.25) is 4.90 Å². The number of hydrogen-bond acceptors (Lipinski definition) is 7. The number of benzene rings is 1. The molecule has 188 valence electrons. The second-order valence-electron chi connectivity index (χ2n) is 10.6. The van der Waals surface area contributed by atoms with Crippen molar-refractivity contribution < 1.29 is 14.6 Å². The lowest BCUT2D eigenvalue weighted by atomic mass is 10.1. The minimum atomic E-state index is -1.15. The second-order valence-corrected chi connectivity index (χ2v) is 17.1. The van der Waals surface area contributed by atoms with E-state index in [4.69, 9.17) is 14.6 Å². The largest absolute Gasteiger partial charge is 0.506 e. The highest BCUT2D eigenvalue weighted by molar-refractivity contribution is 9.10. The lowest BCUT2D eigenvalue weighted by molar-refractivity contribution is -0.0117. The van der Waals surface area contributed by atoms with E-state index in [2.05, 4.69) is 50.4 Å². The quantitative estimate of drug-likeness (QED) is 0.261. The minimum Gasteiger partial charge on any atom is -0.506 e. The van der Waals surface area contributed by atoms with Gasteiger partial charge in [0.2, 0.25) is 0 Å². The number of hydrogen-bond donors (Lipinski definition) is 1. The van der Waals surface area contributed by atoms with Crippen molar-refractivity contribution in [3.8, 4) is 17.0 Å². The summed E-state index contributed by atoms with van der Waals surface area (Å²) in [7, 11) is -1.15. The van der Waals surface area contributed by atoms with E-state index in [1.165, 1.54) is 0 Å². The Morgan fingerprint density at radius 1 is 1.20 bits per heavy atom. The molecule has 4 heterocycles. The first kappa shape index (κ1) is 24.7.